The van der Waals surface area contributed by atoms with Crippen LogP contribution in [0.3, 0.4) is 0 Å². The third-order valence-electron chi connectivity index (χ3n) is 4.75. The van der Waals surface area contributed by atoms with Crippen molar-refractivity contribution in [3.63, 3.8) is 0 Å². The lowest BCUT2D eigenvalue weighted by Crippen LogP contribution is -2.16. The number of nitrogens with one attached hydrogen (secondary N) is 1. The molecule has 2 atom stereocenters. The molecule has 1 aliphatic heterocycles. The largest absolute Gasteiger partial charge is 0.378 e. The molecule has 0 bridgehead atoms. The fraction of sp³-hybridized carbons (Fsp3) is 0.765. The van der Waals surface area contributed by atoms with Crippen molar-refractivity contribution in [2.45, 2.75) is 69.9 Å². The van der Waals surface area contributed by atoms with Crippen molar-refractivity contribution in [3.05, 3.63) is 21.4 Å². The van der Waals surface area contributed by atoms with Crippen molar-refractivity contribution in [2.24, 2.45) is 0 Å². The van der Waals surface area contributed by atoms with Crippen molar-refractivity contribution in [1.29, 1.82) is 0 Å². The van der Waals surface area contributed by atoms with Crippen molar-refractivity contribution in [2.75, 3.05) is 13.7 Å². The predicted molar refractivity (Wildman–Crippen MR) is 85.6 cm³/mol. The van der Waals surface area contributed by atoms with Gasteiger partial charge >= 0.3 is 0 Å². The van der Waals surface area contributed by atoms with Gasteiger partial charge in [-0.05, 0) is 76.5 Å². The first-order valence-electron chi connectivity index (χ1n) is 8.27. The maximum Gasteiger partial charge on any atom is 0.0576 e. The van der Waals surface area contributed by atoms with E-state index in [0.29, 0.717) is 12.1 Å². The normalized spacial score (nSPS) is 23.8. The van der Waals surface area contributed by atoms with Crippen LogP contribution in [-0.2, 0) is 17.6 Å². The molecular formula is C17H27NOS. The summed E-state index contributed by atoms with van der Waals surface area (Å²) in [6, 6.07) is 3.03. The number of aryl methyl sites for hydroxylation is 2. The first-order valence-corrected chi connectivity index (χ1v) is 9.09. The molecular weight excluding hydrogens is 266 g/mol. The number of fused-ring (bicyclic) bond motifs is 1. The van der Waals surface area contributed by atoms with Gasteiger partial charge in [-0.25, -0.2) is 0 Å². The van der Waals surface area contributed by atoms with Gasteiger partial charge in [-0.1, -0.05) is 0 Å². The van der Waals surface area contributed by atoms with E-state index in [1.54, 1.807) is 15.3 Å². The summed E-state index contributed by atoms with van der Waals surface area (Å²) in [7, 11) is 2.11. The van der Waals surface area contributed by atoms with Gasteiger partial charge in [0.05, 0.1) is 6.10 Å². The van der Waals surface area contributed by atoms with Gasteiger partial charge in [-0.3, -0.25) is 0 Å². The van der Waals surface area contributed by atoms with E-state index in [4.69, 9.17) is 4.74 Å². The Hall–Kier alpha value is -0.380. The molecule has 1 saturated heterocycles. The van der Waals surface area contributed by atoms with Crippen molar-refractivity contribution in [3.8, 4) is 0 Å². The predicted octanol–water partition coefficient (Wildman–Crippen LogP) is 4.24. The van der Waals surface area contributed by atoms with Gasteiger partial charge in [0, 0.05) is 22.4 Å². The van der Waals surface area contributed by atoms with E-state index >= 15 is 0 Å². The molecule has 0 aromatic carbocycles. The Bertz CT molecular complexity index is 399. The van der Waals surface area contributed by atoms with E-state index in [1.807, 2.05) is 0 Å². The summed E-state index contributed by atoms with van der Waals surface area (Å²) in [4.78, 5) is 3.22. The quantitative estimate of drug-likeness (QED) is 0.847. The van der Waals surface area contributed by atoms with Crippen LogP contribution in [0.25, 0.3) is 0 Å². The third kappa shape index (κ3) is 3.44. The van der Waals surface area contributed by atoms with Crippen molar-refractivity contribution < 1.29 is 4.74 Å². The van der Waals surface area contributed by atoms with Gasteiger partial charge in [0.15, 0.2) is 0 Å². The maximum absolute atomic E-state index is 5.72. The molecule has 2 aliphatic rings. The molecule has 1 aromatic heterocycles. The molecule has 20 heavy (non-hydrogen) atoms. The number of hydrogen-bond donors (Lipinski definition) is 1. The summed E-state index contributed by atoms with van der Waals surface area (Å²) in [5.41, 5.74) is 1.63. The van der Waals surface area contributed by atoms with Gasteiger partial charge in [-0.15, -0.1) is 11.3 Å². The molecule has 1 aliphatic carbocycles. The van der Waals surface area contributed by atoms with E-state index in [1.165, 1.54) is 57.8 Å². The monoisotopic (exact) mass is 293 g/mol. The van der Waals surface area contributed by atoms with E-state index < -0.39 is 0 Å². The summed E-state index contributed by atoms with van der Waals surface area (Å²) in [6.07, 6.45) is 12.2. The zero-order valence-corrected chi connectivity index (χ0v) is 13.4. The Morgan fingerprint density at radius 1 is 1.35 bits per heavy atom. The Morgan fingerprint density at radius 2 is 2.25 bits per heavy atom. The van der Waals surface area contributed by atoms with E-state index in [2.05, 4.69) is 29.8 Å². The van der Waals surface area contributed by atoms with Gasteiger partial charge in [0.1, 0.15) is 0 Å². The Morgan fingerprint density at radius 3 is 3.00 bits per heavy atom. The second-order valence-corrected chi connectivity index (χ2v) is 7.38. The van der Waals surface area contributed by atoms with E-state index in [0.717, 1.165) is 6.61 Å². The number of rotatable bonds is 6. The highest BCUT2D eigenvalue weighted by molar-refractivity contribution is 7.12. The zero-order valence-electron chi connectivity index (χ0n) is 12.6. The third-order valence-corrected chi connectivity index (χ3v) is 6.10. The molecule has 0 saturated carbocycles. The van der Waals surface area contributed by atoms with Crippen LogP contribution in [0.1, 0.15) is 66.3 Å². The number of thiophene rings is 1. The zero-order chi connectivity index (χ0) is 13.8. The smallest absolute Gasteiger partial charge is 0.0576 e. The van der Waals surface area contributed by atoms with Crippen LogP contribution in [0.15, 0.2) is 6.07 Å². The van der Waals surface area contributed by atoms with Crippen molar-refractivity contribution in [1.82, 2.24) is 5.32 Å². The molecule has 3 rings (SSSR count). The van der Waals surface area contributed by atoms with E-state index in [9.17, 15) is 0 Å². The van der Waals surface area contributed by atoms with Crippen LogP contribution in [-0.4, -0.2) is 19.8 Å². The second-order valence-electron chi connectivity index (χ2n) is 6.21. The summed E-state index contributed by atoms with van der Waals surface area (Å²) in [5.74, 6) is 0. The maximum atomic E-state index is 5.72. The lowest BCUT2D eigenvalue weighted by atomic mass is 9.98. The van der Waals surface area contributed by atoms with Gasteiger partial charge in [0.2, 0.25) is 0 Å². The standard InChI is InChI=1S/C17H27NOS/c1-18-15(9-4-7-14-8-5-11-19-14)17-12-13-6-2-3-10-16(13)20-17/h12,14-15,18H,2-11H2,1H3. The molecule has 2 unspecified atom stereocenters. The van der Waals surface area contributed by atoms with Crippen LogP contribution in [0.2, 0.25) is 0 Å². The van der Waals surface area contributed by atoms with Crippen LogP contribution in [0.5, 0.6) is 0 Å². The minimum Gasteiger partial charge on any atom is -0.378 e. The second kappa shape index (κ2) is 7.06. The lowest BCUT2D eigenvalue weighted by Gasteiger charge is -2.16. The average molecular weight is 293 g/mol. The highest BCUT2D eigenvalue weighted by atomic mass is 32.1. The number of ether oxygens (including phenoxy) is 1. The van der Waals surface area contributed by atoms with Crippen molar-refractivity contribution >= 4 is 11.3 Å². The highest BCUT2D eigenvalue weighted by Crippen LogP contribution is 2.34. The molecule has 0 amide bonds. The van der Waals surface area contributed by atoms with Crippen LogP contribution in [0.4, 0.5) is 0 Å². The summed E-state index contributed by atoms with van der Waals surface area (Å²) >= 11 is 2.06. The van der Waals surface area contributed by atoms with Gasteiger partial charge in [-0.2, -0.15) is 0 Å². The minimum absolute atomic E-state index is 0.545. The van der Waals surface area contributed by atoms with Crippen LogP contribution >= 0.6 is 11.3 Å². The highest BCUT2D eigenvalue weighted by Gasteiger charge is 2.19. The average Bonchev–Trinajstić information content (AvgIpc) is 3.12. The Kier molecular flexibility index (Phi) is 5.14. The van der Waals surface area contributed by atoms with Crippen LogP contribution in [0, 0.1) is 0 Å². The van der Waals surface area contributed by atoms with Gasteiger partial charge < -0.3 is 10.1 Å². The molecule has 1 N–H and O–H groups in total. The molecule has 0 spiro atoms. The summed E-state index contributed by atoms with van der Waals surface area (Å²) in [5, 5.41) is 3.52. The molecule has 1 fully saturated rings. The SMILES string of the molecule is CNC(CCCC1CCCO1)c1cc2c(s1)CCCC2. The molecule has 112 valence electrons. The fourth-order valence-corrected chi connectivity index (χ4v) is 4.94. The minimum atomic E-state index is 0.545. The first-order chi connectivity index (χ1) is 9.86. The Balaban J connectivity index is 1.54. The van der Waals surface area contributed by atoms with E-state index in [-0.39, 0.29) is 0 Å². The molecule has 1 aromatic rings. The topological polar surface area (TPSA) is 21.3 Å². The summed E-state index contributed by atoms with van der Waals surface area (Å²) < 4.78 is 5.72. The molecule has 3 heteroatoms. The summed E-state index contributed by atoms with van der Waals surface area (Å²) in [6.45, 7) is 0.984. The number of hydrogen-bond acceptors (Lipinski definition) is 3. The van der Waals surface area contributed by atoms with Gasteiger partial charge in [0.25, 0.3) is 0 Å². The molecule has 2 nitrogen and oxygen atoms in total. The molecule has 2 heterocycles. The van der Waals surface area contributed by atoms with Crippen LogP contribution < -0.4 is 5.32 Å². The fourth-order valence-electron chi connectivity index (χ4n) is 3.54. The molecule has 0 radical (unpaired) electrons. The Labute approximate surface area is 126 Å². The first kappa shape index (κ1) is 14.6. The lowest BCUT2D eigenvalue weighted by molar-refractivity contribution is 0.101.